The van der Waals surface area contributed by atoms with Crippen molar-refractivity contribution in [1.29, 1.82) is 0 Å². The second kappa shape index (κ2) is 13.4. The molecule has 168 valence electrons. The van der Waals surface area contributed by atoms with Crippen molar-refractivity contribution in [3.8, 4) is 0 Å². The number of aliphatic imine (C=N–C) groups is 1. The first-order valence-corrected chi connectivity index (χ1v) is 10.8. The number of carbonyl (C=O) groups excluding carboxylic acids is 1. The Bertz CT molecular complexity index is 851. The summed E-state index contributed by atoms with van der Waals surface area (Å²) in [5.41, 5.74) is 0.676. The zero-order chi connectivity index (χ0) is 21.2. The van der Waals surface area contributed by atoms with E-state index in [1.165, 1.54) is 0 Å². The number of aromatic nitrogens is 1. The molecule has 1 saturated heterocycles. The molecule has 0 bridgehead atoms. The van der Waals surface area contributed by atoms with Gasteiger partial charge in [-0.1, -0.05) is 29.8 Å². The predicted octanol–water partition coefficient (Wildman–Crippen LogP) is 3.31. The third-order valence-corrected chi connectivity index (χ3v) is 5.13. The lowest BCUT2D eigenvalue weighted by Crippen LogP contribution is -2.44. The van der Waals surface area contributed by atoms with Crippen LogP contribution in [0.2, 0.25) is 5.02 Å². The normalized spacial score (nSPS) is 15.9. The van der Waals surface area contributed by atoms with E-state index < -0.39 is 0 Å². The van der Waals surface area contributed by atoms with E-state index in [2.05, 4.69) is 30.8 Å². The molecule has 2 aromatic rings. The van der Waals surface area contributed by atoms with Crippen LogP contribution in [0.5, 0.6) is 0 Å². The summed E-state index contributed by atoms with van der Waals surface area (Å²) in [4.78, 5) is 23.3. The first-order chi connectivity index (χ1) is 14.7. The lowest BCUT2D eigenvalue weighted by Gasteiger charge is -2.20. The molecule has 1 aliphatic rings. The van der Waals surface area contributed by atoms with Gasteiger partial charge in [0, 0.05) is 50.5 Å². The zero-order valence-corrected chi connectivity index (χ0v) is 20.8. The van der Waals surface area contributed by atoms with Crippen LogP contribution in [-0.2, 0) is 0 Å². The number of anilines is 1. The van der Waals surface area contributed by atoms with Crippen LogP contribution in [-0.4, -0.2) is 55.6 Å². The van der Waals surface area contributed by atoms with Crippen LogP contribution in [0.3, 0.4) is 0 Å². The van der Waals surface area contributed by atoms with Crippen molar-refractivity contribution in [2.45, 2.75) is 25.8 Å². The van der Waals surface area contributed by atoms with E-state index in [0.717, 1.165) is 44.3 Å². The SMILES string of the molecule is CCNC(=NCCCNC(=O)c1ccccc1)NC1CCN(c2ncccc2Cl)C1.I. The molecule has 31 heavy (non-hydrogen) atoms. The summed E-state index contributed by atoms with van der Waals surface area (Å²) in [6.45, 7) is 5.79. The minimum absolute atomic E-state index is 0. The minimum Gasteiger partial charge on any atom is -0.357 e. The number of nitrogens with zero attached hydrogens (tertiary/aromatic N) is 3. The third-order valence-electron chi connectivity index (χ3n) is 4.84. The molecule has 2 heterocycles. The van der Waals surface area contributed by atoms with E-state index in [1.54, 1.807) is 6.20 Å². The van der Waals surface area contributed by atoms with Crippen LogP contribution < -0.4 is 20.9 Å². The van der Waals surface area contributed by atoms with Crippen molar-refractivity contribution >= 4 is 53.3 Å². The molecule has 1 unspecified atom stereocenters. The Labute approximate surface area is 206 Å². The fraction of sp³-hybridized carbons (Fsp3) is 0.409. The Morgan fingerprint density at radius 3 is 2.77 bits per heavy atom. The van der Waals surface area contributed by atoms with Crippen LogP contribution >= 0.6 is 35.6 Å². The van der Waals surface area contributed by atoms with Gasteiger partial charge in [0.1, 0.15) is 5.82 Å². The van der Waals surface area contributed by atoms with Crippen LogP contribution in [0.15, 0.2) is 53.7 Å². The first kappa shape index (κ1) is 25.2. The summed E-state index contributed by atoms with van der Waals surface area (Å²) in [7, 11) is 0. The highest BCUT2D eigenvalue weighted by Crippen LogP contribution is 2.25. The molecule has 1 aromatic heterocycles. The number of halogens is 2. The Morgan fingerprint density at radius 2 is 2.03 bits per heavy atom. The number of amides is 1. The molecule has 0 spiro atoms. The Hall–Kier alpha value is -2.07. The molecule has 1 fully saturated rings. The van der Waals surface area contributed by atoms with Crippen LogP contribution in [0.25, 0.3) is 0 Å². The Kier molecular flexibility index (Phi) is 10.9. The molecule has 1 amide bonds. The Morgan fingerprint density at radius 1 is 1.23 bits per heavy atom. The molecule has 3 rings (SSSR count). The molecule has 3 N–H and O–H groups in total. The summed E-state index contributed by atoms with van der Waals surface area (Å²) < 4.78 is 0. The van der Waals surface area contributed by atoms with Gasteiger partial charge in [-0.25, -0.2) is 4.98 Å². The van der Waals surface area contributed by atoms with E-state index in [1.807, 2.05) is 49.4 Å². The standard InChI is InChI=1S/C22H29ClN6O.HI/c1-2-24-22(27-14-7-13-26-21(30)17-8-4-3-5-9-17)28-18-11-15-29(16-18)20-19(23)10-6-12-25-20;/h3-6,8-10,12,18H,2,7,11,13-16H2,1H3,(H,26,30)(H2,24,27,28);1H. The number of carbonyl (C=O) groups is 1. The van der Waals surface area contributed by atoms with Crippen LogP contribution in [0.4, 0.5) is 5.82 Å². The molecule has 0 radical (unpaired) electrons. The van der Waals surface area contributed by atoms with Gasteiger partial charge in [0.2, 0.25) is 0 Å². The second-order valence-corrected chi connectivity index (χ2v) is 7.53. The van der Waals surface area contributed by atoms with E-state index in [9.17, 15) is 4.79 Å². The van der Waals surface area contributed by atoms with E-state index in [-0.39, 0.29) is 35.9 Å². The highest BCUT2D eigenvalue weighted by Gasteiger charge is 2.25. The maximum absolute atomic E-state index is 12.1. The van der Waals surface area contributed by atoms with E-state index in [4.69, 9.17) is 11.6 Å². The molecule has 0 aliphatic carbocycles. The highest BCUT2D eigenvalue weighted by molar-refractivity contribution is 14.0. The molecule has 1 aromatic carbocycles. The average Bonchev–Trinajstić information content (AvgIpc) is 3.22. The van der Waals surface area contributed by atoms with Gasteiger partial charge in [-0.15, -0.1) is 24.0 Å². The van der Waals surface area contributed by atoms with Crippen LogP contribution in [0.1, 0.15) is 30.1 Å². The average molecular weight is 557 g/mol. The smallest absolute Gasteiger partial charge is 0.251 e. The second-order valence-electron chi connectivity index (χ2n) is 7.12. The fourth-order valence-corrected chi connectivity index (χ4v) is 3.60. The number of hydrogen-bond acceptors (Lipinski definition) is 4. The molecule has 1 atom stereocenters. The predicted molar refractivity (Wildman–Crippen MR) is 138 cm³/mol. The maximum Gasteiger partial charge on any atom is 0.251 e. The lowest BCUT2D eigenvalue weighted by atomic mass is 10.2. The van der Waals surface area contributed by atoms with Gasteiger partial charge in [-0.2, -0.15) is 0 Å². The number of nitrogens with one attached hydrogen (secondary N) is 3. The highest BCUT2D eigenvalue weighted by atomic mass is 127. The summed E-state index contributed by atoms with van der Waals surface area (Å²) in [6.07, 6.45) is 3.53. The maximum atomic E-state index is 12.1. The molecular formula is C22H30ClIN6O. The monoisotopic (exact) mass is 556 g/mol. The summed E-state index contributed by atoms with van der Waals surface area (Å²) in [5, 5.41) is 10.4. The van der Waals surface area contributed by atoms with Crippen LogP contribution in [0, 0.1) is 0 Å². The number of hydrogen-bond donors (Lipinski definition) is 3. The summed E-state index contributed by atoms with van der Waals surface area (Å²) in [5.74, 6) is 1.58. The number of guanidine groups is 1. The van der Waals surface area contributed by atoms with Gasteiger partial charge in [-0.05, 0) is 44.0 Å². The van der Waals surface area contributed by atoms with Gasteiger partial charge in [0.25, 0.3) is 5.91 Å². The lowest BCUT2D eigenvalue weighted by molar-refractivity contribution is 0.0953. The number of benzene rings is 1. The topological polar surface area (TPSA) is 81.6 Å². The van der Waals surface area contributed by atoms with Crippen molar-refractivity contribution < 1.29 is 4.79 Å². The van der Waals surface area contributed by atoms with Gasteiger partial charge in [0.05, 0.1) is 5.02 Å². The third kappa shape index (κ3) is 7.84. The molecule has 0 saturated carbocycles. The number of pyridine rings is 1. The van der Waals surface area contributed by atoms with Gasteiger partial charge in [0.15, 0.2) is 5.96 Å². The fourth-order valence-electron chi connectivity index (χ4n) is 3.36. The first-order valence-electron chi connectivity index (χ1n) is 10.4. The Balaban J connectivity index is 0.00000341. The molecule has 7 nitrogen and oxygen atoms in total. The molecule has 1 aliphatic heterocycles. The van der Waals surface area contributed by atoms with Crippen molar-refractivity contribution in [2.75, 3.05) is 37.6 Å². The van der Waals surface area contributed by atoms with Gasteiger partial charge >= 0.3 is 0 Å². The van der Waals surface area contributed by atoms with Crippen molar-refractivity contribution in [2.24, 2.45) is 4.99 Å². The van der Waals surface area contributed by atoms with E-state index in [0.29, 0.717) is 23.7 Å². The summed E-state index contributed by atoms with van der Waals surface area (Å²) >= 11 is 6.28. The number of rotatable bonds is 8. The van der Waals surface area contributed by atoms with Gasteiger partial charge in [-0.3, -0.25) is 9.79 Å². The van der Waals surface area contributed by atoms with Gasteiger partial charge < -0.3 is 20.9 Å². The van der Waals surface area contributed by atoms with Crippen molar-refractivity contribution in [1.82, 2.24) is 20.9 Å². The largest absolute Gasteiger partial charge is 0.357 e. The zero-order valence-electron chi connectivity index (χ0n) is 17.7. The van der Waals surface area contributed by atoms with Crippen molar-refractivity contribution in [3.05, 3.63) is 59.2 Å². The van der Waals surface area contributed by atoms with Crippen molar-refractivity contribution in [3.63, 3.8) is 0 Å². The summed E-state index contributed by atoms with van der Waals surface area (Å²) in [6, 6.07) is 13.2. The molecule has 9 heteroatoms. The molecular weight excluding hydrogens is 527 g/mol. The van der Waals surface area contributed by atoms with E-state index >= 15 is 0 Å². The quantitative estimate of drug-likeness (QED) is 0.201. The minimum atomic E-state index is -0.0520.